The van der Waals surface area contributed by atoms with E-state index in [9.17, 15) is 0 Å². The largest absolute Gasteiger partial charge is 0.489 e. The highest BCUT2D eigenvalue weighted by Crippen LogP contribution is 2.28. The van der Waals surface area contributed by atoms with Crippen LogP contribution in [0, 0.1) is 6.92 Å². The zero-order chi connectivity index (χ0) is 13.2. The summed E-state index contributed by atoms with van der Waals surface area (Å²) in [5.41, 5.74) is 8.49. The number of hydrogen-bond donors (Lipinski definition) is 1. The quantitative estimate of drug-likeness (QED) is 0.871. The molecule has 0 fully saturated rings. The molecule has 0 aromatic heterocycles. The molecule has 2 atom stereocenters. The molecule has 1 unspecified atom stereocenters. The van der Waals surface area contributed by atoms with Crippen molar-refractivity contribution in [1.82, 2.24) is 0 Å². The van der Waals surface area contributed by atoms with Gasteiger partial charge in [0.15, 0.2) is 0 Å². The van der Waals surface area contributed by atoms with Gasteiger partial charge in [-0.05, 0) is 43.4 Å². The van der Waals surface area contributed by atoms with Crippen LogP contribution in [-0.2, 0) is 5.41 Å². The molecule has 0 aliphatic carbocycles. The minimum atomic E-state index is 0.0363. The van der Waals surface area contributed by atoms with Crippen molar-refractivity contribution in [2.24, 2.45) is 5.73 Å². The van der Waals surface area contributed by atoms with Gasteiger partial charge in [0.1, 0.15) is 11.9 Å². The topological polar surface area (TPSA) is 35.2 Å². The molecule has 0 saturated carbocycles. The first-order valence-electron chi connectivity index (χ1n) is 6.25. The first-order chi connectivity index (χ1) is 7.71. The molecule has 0 radical (unpaired) electrons. The van der Waals surface area contributed by atoms with Crippen LogP contribution in [0.3, 0.4) is 0 Å². The van der Waals surface area contributed by atoms with E-state index in [0.29, 0.717) is 0 Å². The Bertz CT molecular complexity index is 377. The molecular weight excluding hydrogens is 210 g/mol. The third-order valence-electron chi connectivity index (χ3n) is 3.09. The molecule has 96 valence electrons. The van der Waals surface area contributed by atoms with Gasteiger partial charge in [-0.15, -0.1) is 0 Å². The van der Waals surface area contributed by atoms with Crippen LogP contribution in [-0.4, -0.2) is 12.1 Å². The van der Waals surface area contributed by atoms with E-state index in [0.717, 1.165) is 5.75 Å². The zero-order valence-corrected chi connectivity index (χ0v) is 11.9. The van der Waals surface area contributed by atoms with Crippen molar-refractivity contribution < 1.29 is 4.74 Å². The van der Waals surface area contributed by atoms with Crippen molar-refractivity contribution >= 4 is 0 Å². The summed E-state index contributed by atoms with van der Waals surface area (Å²) in [4.78, 5) is 0. The summed E-state index contributed by atoms with van der Waals surface area (Å²) in [6, 6.07) is 6.42. The maximum absolute atomic E-state index is 5.85. The van der Waals surface area contributed by atoms with Gasteiger partial charge in [0.2, 0.25) is 0 Å². The lowest BCUT2D eigenvalue weighted by Crippen LogP contribution is -2.33. The lowest BCUT2D eigenvalue weighted by Gasteiger charge is -2.23. The van der Waals surface area contributed by atoms with E-state index in [4.69, 9.17) is 10.5 Å². The van der Waals surface area contributed by atoms with Gasteiger partial charge in [0.05, 0.1) is 0 Å². The number of rotatable bonds is 3. The highest BCUT2D eigenvalue weighted by atomic mass is 16.5. The Morgan fingerprint density at radius 2 is 1.76 bits per heavy atom. The zero-order valence-electron chi connectivity index (χ0n) is 11.9. The average molecular weight is 235 g/mol. The number of benzene rings is 1. The lowest BCUT2D eigenvalue weighted by atomic mass is 9.86. The summed E-state index contributed by atoms with van der Waals surface area (Å²) in [5, 5.41) is 0. The SMILES string of the molecule is Cc1cc(C(C)(C)C)ccc1OC(C)[C@@H](C)N. The molecule has 2 N–H and O–H groups in total. The second-order valence-electron chi connectivity index (χ2n) is 5.91. The van der Waals surface area contributed by atoms with E-state index in [1.54, 1.807) is 0 Å². The fraction of sp³-hybridized carbons (Fsp3) is 0.600. The summed E-state index contributed by atoms with van der Waals surface area (Å²) in [5.74, 6) is 0.933. The molecule has 0 amide bonds. The molecule has 17 heavy (non-hydrogen) atoms. The van der Waals surface area contributed by atoms with Gasteiger partial charge in [-0.3, -0.25) is 0 Å². The van der Waals surface area contributed by atoms with Crippen LogP contribution in [0.15, 0.2) is 18.2 Å². The van der Waals surface area contributed by atoms with Crippen molar-refractivity contribution in [3.8, 4) is 5.75 Å². The van der Waals surface area contributed by atoms with Crippen molar-refractivity contribution in [2.45, 2.75) is 59.1 Å². The molecule has 0 saturated heterocycles. The van der Waals surface area contributed by atoms with E-state index < -0.39 is 0 Å². The Hall–Kier alpha value is -1.02. The van der Waals surface area contributed by atoms with E-state index in [2.05, 4.69) is 45.9 Å². The van der Waals surface area contributed by atoms with Gasteiger partial charge in [-0.25, -0.2) is 0 Å². The Morgan fingerprint density at radius 1 is 1.18 bits per heavy atom. The third kappa shape index (κ3) is 3.74. The molecule has 1 aromatic carbocycles. The van der Waals surface area contributed by atoms with Gasteiger partial charge in [0, 0.05) is 6.04 Å². The maximum Gasteiger partial charge on any atom is 0.122 e. The summed E-state index contributed by atoms with van der Waals surface area (Å²) in [6.07, 6.45) is 0.0363. The Morgan fingerprint density at radius 3 is 2.18 bits per heavy atom. The van der Waals surface area contributed by atoms with E-state index in [-0.39, 0.29) is 17.6 Å². The Labute approximate surface area is 105 Å². The van der Waals surface area contributed by atoms with Crippen LogP contribution in [0.4, 0.5) is 0 Å². The first kappa shape index (κ1) is 14.0. The second kappa shape index (κ2) is 5.09. The van der Waals surface area contributed by atoms with Crippen molar-refractivity contribution in [3.05, 3.63) is 29.3 Å². The highest BCUT2D eigenvalue weighted by molar-refractivity contribution is 5.38. The van der Waals surface area contributed by atoms with Crippen molar-refractivity contribution in [1.29, 1.82) is 0 Å². The number of aryl methyl sites for hydroxylation is 1. The van der Waals surface area contributed by atoms with Crippen LogP contribution >= 0.6 is 0 Å². The monoisotopic (exact) mass is 235 g/mol. The molecule has 0 aliphatic rings. The van der Waals surface area contributed by atoms with Gasteiger partial charge in [-0.2, -0.15) is 0 Å². The van der Waals surface area contributed by atoms with E-state index >= 15 is 0 Å². The first-order valence-corrected chi connectivity index (χ1v) is 6.25. The minimum Gasteiger partial charge on any atom is -0.489 e. The predicted molar refractivity (Wildman–Crippen MR) is 73.6 cm³/mol. The van der Waals surface area contributed by atoms with E-state index in [1.807, 2.05) is 13.8 Å². The Kier molecular flexibility index (Phi) is 4.21. The van der Waals surface area contributed by atoms with E-state index in [1.165, 1.54) is 11.1 Å². The Balaban J connectivity index is 2.91. The average Bonchev–Trinajstić information content (AvgIpc) is 2.19. The normalized spacial score (nSPS) is 15.5. The minimum absolute atomic E-state index is 0.0363. The second-order valence-corrected chi connectivity index (χ2v) is 5.91. The molecule has 1 rings (SSSR count). The predicted octanol–water partition coefficient (Wildman–Crippen LogP) is 3.41. The fourth-order valence-electron chi connectivity index (χ4n) is 1.56. The number of ether oxygens (including phenoxy) is 1. The van der Waals surface area contributed by atoms with Crippen molar-refractivity contribution in [3.63, 3.8) is 0 Å². The van der Waals surface area contributed by atoms with Crippen molar-refractivity contribution in [2.75, 3.05) is 0 Å². The van der Waals surface area contributed by atoms with Gasteiger partial charge < -0.3 is 10.5 Å². The number of nitrogens with two attached hydrogens (primary N) is 1. The van der Waals surface area contributed by atoms with Crippen LogP contribution < -0.4 is 10.5 Å². The molecule has 1 aromatic rings. The standard InChI is InChI=1S/C15H25NO/c1-10-9-13(15(4,5)6)7-8-14(10)17-12(3)11(2)16/h7-9,11-12H,16H2,1-6H3/t11-,12?/m1/s1. The molecule has 0 spiro atoms. The molecule has 0 heterocycles. The summed E-state index contributed by atoms with van der Waals surface area (Å²) in [7, 11) is 0. The third-order valence-corrected chi connectivity index (χ3v) is 3.09. The molecule has 0 bridgehead atoms. The maximum atomic E-state index is 5.85. The lowest BCUT2D eigenvalue weighted by molar-refractivity contribution is 0.195. The van der Waals surface area contributed by atoms with Gasteiger partial charge in [0.25, 0.3) is 0 Å². The van der Waals surface area contributed by atoms with Gasteiger partial charge >= 0.3 is 0 Å². The molecule has 2 heteroatoms. The molecular formula is C15H25NO. The smallest absolute Gasteiger partial charge is 0.122 e. The van der Waals surface area contributed by atoms with Gasteiger partial charge in [-0.1, -0.05) is 32.9 Å². The molecule has 0 aliphatic heterocycles. The molecule has 2 nitrogen and oxygen atoms in total. The van der Waals surface area contributed by atoms with Crippen LogP contribution in [0.5, 0.6) is 5.75 Å². The summed E-state index contributed by atoms with van der Waals surface area (Å²) in [6.45, 7) is 12.7. The highest BCUT2D eigenvalue weighted by Gasteiger charge is 2.16. The number of hydrogen-bond acceptors (Lipinski definition) is 2. The van der Waals surface area contributed by atoms with Crippen LogP contribution in [0.2, 0.25) is 0 Å². The summed E-state index contributed by atoms with van der Waals surface area (Å²) < 4.78 is 5.85. The summed E-state index contributed by atoms with van der Waals surface area (Å²) >= 11 is 0. The fourth-order valence-corrected chi connectivity index (χ4v) is 1.56. The van der Waals surface area contributed by atoms with Crippen LogP contribution in [0.25, 0.3) is 0 Å². The van der Waals surface area contributed by atoms with Crippen LogP contribution in [0.1, 0.15) is 45.7 Å².